The van der Waals surface area contributed by atoms with Gasteiger partial charge in [0.1, 0.15) is 11.3 Å². The van der Waals surface area contributed by atoms with E-state index in [1.807, 2.05) is 6.92 Å². The molecule has 1 aliphatic carbocycles. The van der Waals surface area contributed by atoms with Gasteiger partial charge < -0.3 is 4.98 Å². The number of imidazole rings is 1. The number of hydrogen-bond acceptors (Lipinski definition) is 3. The minimum atomic E-state index is -0.394. The summed E-state index contributed by atoms with van der Waals surface area (Å²) in [4.78, 5) is 32.9. The molecule has 6 nitrogen and oxygen atoms in total. The van der Waals surface area contributed by atoms with Crippen LogP contribution in [-0.4, -0.2) is 19.5 Å². The molecule has 2 heterocycles. The van der Waals surface area contributed by atoms with Crippen molar-refractivity contribution < 1.29 is 0 Å². The fraction of sp³-hybridized carbons (Fsp3) is 0.545. The highest BCUT2D eigenvalue weighted by Crippen LogP contribution is 2.31. The van der Waals surface area contributed by atoms with Crippen LogP contribution in [0.1, 0.15) is 25.6 Å². The molecular formula is C11H14N4O2. The highest BCUT2D eigenvalue weighted by Gasteiger charge is 2.23. The first-order valence-corrected chi connectivity index (χ1v) is 5.90. The molecule has 0 aliphatic heterocycles. The van der Waals surface area contributed by atoms with Gasteiger partial charge in [0.2, 0.25) is 0 Å². The van der Waals surface area contributed by atoms with Crippen molar-refractivity contribution in [1.82, 2.24) is 19.5 Å². The predicted molar refractivity (Wildman–Crippen MR) is 63.1 cm³/mol. The number of rotatable bonds is 3. The molecule has 3 rings (SSSR count). The average molecular weight is 234 g/mol. The van der Waals surface area contributed by atoms with Gasteiger partial charge >= 0.3 is 5.69 Å². The topological polar surface area (TPSA) is 83.5 Å². The Balaban J connectivity index is 2.21. The molecule has 0 spiro atoms. The molecule has 0 unspecified atom stereocenters. The lowest BCUT2D eigenvalue weighted by molar-refractivity contribution is 0.716. The minimum absolute atomic E-state index is 0.385. The number of hydrogen-bond donors (Lipinski definition) is 2. The van der Waals surface area contributed by atoms with E-state index in [2.05, 4.69) is 15.0 Å². The quantitative estimate of drug-likeness (QED) is 0.805. The second kappa shape index (κ2) is 3.58. The van der Waals surface area contributed by atoms with Crippen LogP contribution in [0.5, 0.6) is 0 Å². The second-order valence-corrected chi connectivity index (χ2v) is 4.53. The van der Waals surface area contributed by atoms with Gasteiger partial charge in [0.15, 0.2) is 5.65 Å². The Labute approximate surface area is 96.7 Å². The van der Waals surface area contributed by atoms with Crippen molar-refractivity contribution in [3.05, 3.63) is 26.7 Å². The number of H-pyrrole nitrogens is 2. The summed E-state index contributed by atoms with van der Waals surface area (Å²) in [5, 5.41) is 0. The summed E-state index contributed by atoms with van der Waals surface area (Å²) in [5.41, 5.74) is 0.0951. The van der Waals surface area contributed by atoms with Crippen LogP contribution in [0.15, 0.2) is 9.59 Å². The molecule has 0 atom stereocenters. The van der Waals surface area contributed by atoms with E-state index < -0.39 is 5.69 Å². The third kappa shape index (κ3) is 1.69. The van der Waals surface area contributed by atoms with Gasteiger partial charge in [-0.15, -0.1) is 0 Å². The third-order valence-corrected chi connectivity index (χ3v) is 3.18. The number of nitrogens with zero attached hydrogens (tertiary/aromatic N) is 2. The van der Waals surface area contributed by atoms with Crippen LogP contribution in [-0.2, 0) is 13.0 Å². The molecule has 6 heteroatoms. The summed E-state index contributed by atoms with van der Waals surface area (Å²) in [6, 6.07) is 0. The van der Waals surface area contributed by atoms with E-state index >= 15 is 0 Å². The van der Waals surface area contributed by atoms with E-state index in [0.29, 0.717) is 23.6 Å². The van der Waals surface area contributed by atoms with Gasteiger partial charge in [0, 0.05) is 13.0 Å². The third-order valence-electron chi connectivity index (χ3n) is 3.18. The van der Waals surface area contributed by atoms with Gasteiger partial charge in [-0.3, -0.25) is 14.3 Å². The Morgan fingerprint density at radius 3 is 2.76 bits per heavy atom. The molecular weight excluding hydrogens is 220 g/mol. The van der Waals surface area contributed by atoms with Gasteiger partial charge in [-0.25, -0.2) is 9.78 Å². The standard InChI is InChI=1S/C11H14N4O2/c1-2-15-9-8(10(16)14-11(15)17)12-7(13-9)5-6-3-4-6/h6H,2-5H2,1H3,(H,12,13)(H,14,16,17). The van der Waals surface area contributed by atoms with E-state index in [9.17, 15) is 9.59 Å². The normalized spacial score (nSPS) is 15.6. The first-order valence-electron chi connectivity index (χ1n) is 5.90. The molecule has 90 valence electrons. The van der Waals surface area contributed by atoms with Gasteiger partial charge in [-0.2, -0.15) is 0 Å². The molecule has 0 aromatic carbocycles. The first-order chi connectivity index (χ1) is 8.19. The molecule has 1 fully saturated rings. The van der Waals surface area contributed by atoms with Crippen molar-refractivity contribution in [2.75, 3.05) is 0 Å². The summed E-state index contributed by atoms with van der Waals surface area (Å²) in [6.45, 7) is 2.36. The van der Waals surface area contributed by atoms with Crippen molar-refractivity contribution in [1.29, 1.82) is 0 Å². The zero-order valence-corrected chi connectivity index (χ0v) is 9.62. The summed E-state index contributed by atoms with van der Waals surface area (Å²) in [5.74, 6) is 1.50. The van der Waals surface area contributed by atoms with Gasteiger partial charge in [-0.05, 0) is 25.7 Å². The Morgan fingerprint density at radius 1 is 1.35 bits per heavy atom. The molecule has 0 radical (unpaired) electrons. The first kappa shape index (κ1) is 10.3. The second-order valence-electron chi connectivity index (χ2n) is 4.53. The van der Waals surface area contributed by atoms with Crippen molar-refractivity contribution in [2.45, 2.75) is 32.7 Å². The fourth-order valence-electron chi connectivity index (χ4n) is 2.07. The number of nitrogens with one attached hydrogen (secondary N) is 2. The molecule has 0 saturated heterocycles. The Morgan fingerprint density at radius 2 is 2.12 bits per heavy atom. The van der Waals surface area contributed by atoms with Crippen LogP contribution in [0.2, 0.25) is 0 Å². The molecule has 0 bridgehead atoms. The van der Waals surface area contributed by atoms with E-state index in [1.165, 1.54) is 17.4 Å². The van der Waals surface area contributed by atoms with Crippen molar-refractivity contribution >= 4 is 11.2 Å². The monoisotopic (exact) mass is 234 g/mol. The number of fused-ring (bicyclic) bond motifs is 1. The van der Waals surface area contributed by atoms with Crippen molar-refractivity contribution in [3.63, 3.8) is 0 Å². The van der Waals surface area contributed by atoms with Crippen LogP contribution in [0.3, 0.4) is 0 Å². The molecule has 2 aromatic heterocycles. The average Bonchev–Trinajstić information content (AvgIpc) is 2.97. The highest BCUT2D eigenvalue weighted by molar-refractivity contribution is 5.69. The SMILES string of the molecule is CCn1c(=O)[nH]c(=O)c2[nH]c(CC3CC3)nc21. The van der Waals surface area contributed by atoms with E-state index in [4.69, 9.17) is 0 Å². The maximum Gasteiger partial charge on any atom is 0.330 e. The summed E-state index contributed by atoms with van der Waals surface area (Å²) >= 11 is 0. The summed E-state index contributed by atoms with van der Waals surface area (Å²) in [6.07, 6.45) is 3.33. The van der Waals surface area contributed by atoms with E-state index in [-0.39, 0.29) is 5.56 Å². The van der Waals surface area contributed by atoms with E-state index in [0.717, 1.165) is 12.2 Å². The molecule has 1 saturated carbocycles. The number of aryl methyl sites for hydroxylation is 1. The molecule has 17 heavy (non-hydrogen) atoms. The van der Waals surface area contributed by atoms with Crippen LogP contribution < -0.4 is 11.2 Å². The Kier molecular flexibility index (Phi) is 2.17. The van der Waals surface area contributed by atoms with Crippen LogP contribution in [0.25, 0.3) is 11.2 Å². The highest BCUT2D eigenvalue weighted by atomic mass is 16.2. The molecule has 1 aliphatic rings. The lowest BCUT2D eigenvalue weighted by Gasteiger charge is -1.99. The van der Waals surface area contributed by atoms with E-state index in [1.54, 1.807) is 0 Å². The van der Waals surface area contributed by atoms with Gasteiger partial charge in [0.05, 0.1) is 0 Å². The Bertz CT molecular complexity index is 675. The lowest BCUT2D eigenvalue weighted by Crippen LogP contribution is -2.29. The zero-order chi connectivity index (χ0) is 12.0. The minimum Gasteiger partial charge on any atom is -0.336 e. The summed E-state index contributed by atoms with van der Waals surface area (Å²) in [7, 11) is 0. The summed E-state index contributed by atoms with van der Waals surface area (Å²) < 4.78 is 1.48. The number of aromatic nitrogens is 4. The zero-order valence-electron chi connectivity index (χ0n) is 9.62. The van der Waals surface area contributed by atoms with Crippen molar-refractivity contribution in [2.24, 2.45) is 5.92 Å². The van der Waals surface area contributed by atoms with Crippen LogP contribution in [0, 0.1) is 5.92 Å². The van der Waals surface area contributed by atoms with Crippen LogP contribution >= 0.6 is 0 Å². The fourth-order valence-corrected chi connectivity index (χ4v) is 2.07. The number of aromatic amines is 2. The largest absolute Gasteiger partial charge is 0.336 e. The molecule has 0 amide bonds. The molecule has 2 aromatic rings. The maximum absolute atomic E-state index is 11.6. The predicted octanol–water partition coefficient (Wildman–Crippen LogP) is 0.385. The Hall–Kier alpha value is -1.85. The van der Waals surface area contributed by atoms with Gasteiger partial charge in [-0.1, -0.05) is 0 Å². The maximum atomic E-state index is 11.6. The lowest BCUT2D eigenvalue weighted by atomic mass is 10.3. The van der Waals surface area contributed by atoms with Crippen molar-refractivity contribution in [3.8, 4) is 0 Å². The molecule has 2 N–H and O–H groups in total. The van der Waals surface area contributed by atoms with Crippen LogP contribution in [0.4, 0.5) is 0 Å². The van der Waals surface area contributed by atoms with Gasteiger partial charge in [0.25, 0.3) is 5.56 Å². The smallest absolute Gasteiger partial charge is 0.330 e.